The fourth-order valence-corrected chi connectivity index (χ4v) is 3.56. The summed E-state index contributed by atoms with van der Waals surface area (Å²) in [6, 6.07) is 3.66. The number of nitrogens with zero attached hydrogens (tertiary/aromatic N) is 2. The van der Waals surface area contributed by atoms with Crippen LogP contribution >= 0.6 is 0 Å². The molecule has 1 N–H and O–H groups in total. The van der Waals surface area contributed by atoms with Crippen LogP contribution in [0.15, 0.2) is 24.5 Å². The molecule has 0 bridgehead atoms. The molecular weight excluding hydrogens is 252 g/mol. The Balaban J connectivity index is 1.91. The fourth-order valence-electron chi connectivity index (χ4n) is 2.05. The van der Waals surface area contributed by atoms with Gasteiger partial charge in [-0.05, 0) is 37.0 Å². The molecule has 1 aromatic heterocycles. The monoisotopic (exact) mass is 270 g/mol. The number of pyridine rings is 1. The molecule has 6 heteroatoms. The summed E-state index contributed by atoms with van der Waals surface area (Å²) in [5, 5.41) is 9.37. The minimum Gasteiger partial charge on any atom is -0.393 e. The third-order valence-corrected chi connectivity index (χ3v) is 5.09. The Kier molecular flexibility index (Phi) is 4.31. The molecule has 1 fully saturated rings. The van der Waals surface area contributed by atoms with Crippen LogP contribution in [0.3, 0.4) is 0 Å². The van der Waals surface area contributed by atoms with E-state index in [1.165, 1.54) is 4.31 Å². The molecule has 1 aliphatic heterocycles. The highest BCUT2D eigenvalue weighted by molar-refractivity contribution is 7.89. The van der Waals surface area contributed by atoms with Gasteiger partial charge in [-0.25, -0.2) is 12.7 Å². The van der Waals surface area contributed by atoms with Crippen molar-refractivity contribution in [1.29, 1.82) is 0 Å². The molecule has 100 valence electrons. The summed E-state index contributed by atoms with van der Waals surface area (Å²) in [6.07, 6.45) is 4.56. The number of aliphatic hydroxyl groups excluding tert-OH is 1. The van der Waals surface area contributed by atoms with Gasteiger partial charge in [-0.1, -0.05) is 0 Å². The molecule has 0 atom stereocenters. The summed E-state index contributed by atoms with van der Waals surface area (Å²) < 4.78 is 25.7. The number of aryl methyl sites for hydroxylation is 1. The Bertz CT molecular complexity index is 467. The zero-order valence-electron chi connectivity index (χ0n) is 10.2. The molecule has 0 amide bonds. The molecular formula is C12H18N2O3S. The van der Waals surface area contributed by atoms with Gasteiger partial charge in [0.25, 0.3) is 0 Å². The second-order valence-electron chi connectivity index (χ2n) is 4.55. The highest BCUT2D eigenvalue weighted by Crippen LogP contribution is 2.15. The van der Waals surface area contributed by atoms with Gasteiger partial charge >= 0.3 is 0 Å². The van der Waals surface area contributed by atoms with Crippen LogP contribution in [0.25, 0.3) is 0 Å². The number of aliphatic hydroxyl groups is 1. The maximum absolute atomic E-state index is 12.1. The lowest BCUT2D eigenvalue weighted by atomic mass is 10.1. The summed E-state index contributed by atoms with van der Waals surface area (Å²) in [7, 11) is -3.20. The molecule has 18 heavy (non-hydrogen) atoms. The molecule has 2 heterocycles. The van der Waals surface area contributed by atoms with E-state index in [4.69, 9.17) is 0 Å². The number of rotatable bonds is 4. The second-order valence-corrected chi connectivity index (χ2v) is 6.64. The molecule has 0 aliphatic carbocycles. The zero-order valence-corrected chi connectivity index (χ0v) is 11.0. The Labute approximate surface area is 108 Å². The Hall–Kier alpha value is -0.980. The number of hydrogen-bond acceptors (Lipinski definition) is 4. The van der Waals surface area contributed by atoms with Gasteiger partial charge < -0.3 is 5.11 Å². The van der Waals surface area contributed by atoms with Crippen molar-refractivity contribution in [3.8, 4) is 0 Å². The van der Waals surface area contributed by atoms with Crippen molar-refractivity contribution >= 4 is 10.0 Å². The van der Waals surface area contributed by atoms with Crippen molar-refractivity contribution in [2.75, 3.05) is 18.8 Å². The van der Waals surface area contributed by atoms with Crippen molar-refractivity contribution in [2.45, 2.75) is 25.4 Å². The van der Waals surface area contributed by atoms with Crippen molar-refractivity contribution < 1.29 is 13.5 Å². The molecule has 1 saturated heterocycles. The van der Waals surface area contributed by atoms with Gasteiger partial charge in [0, 0.05) is 25.5 Å². The van der Waals surface area contributed by atoms with E-state index in [9.17, 15) is 13.5 Å². The Morgan fingerprint density at radius 3 is 2.50 bits per heavy atom. The SMILES string of the molecule is O=S(=O)(CCc1ccncc1)N1CCC(O)CC1. The predicted octanol–water partition coefficient (Wildman–Crippen LogP) is 0.411. The van der Waals surface area contributed by atoms with Gasteiger partial charge in [0.15, 0.2) is 0 Å². The molecule has 0 aromatic carbocycles. The predicted molar refractivity (Wildman–Crippen MR) is 68.5 cm³/mol. The van der Waals surface area contributed by atoms with Crippen molar-refractivity contribution in [2.24, 2.45) is 0 Å². The summed E-state index contributed by atoms with van der Waals surface area (Å²) >= 11 is 0. The molecule has 0 radical (unpaired) electrons. The van der Waals surface area contributed by atoms with E-state index < -0.39 is 10.0 Å². The average molecular weight is 270 g/mol. The van der Waals surface area contributed by atoms with Gasteiger partial charge in [0.1, 0.15) is 0 Å². The van der Waals surface area contributed by atoms with E-state index in [-0.39, 0.29) is 11.9 Å². The molecule has 0 unspecified atom stereocenters. The van der Waals surface area contributed by atoms with E-state index >= 15 is 0 Å². The van der Waals surface area contributed by atoms with Crippen molar-refractivity contribution in [1.82, 2.24) is 9.29 Å². The lowest BCUT2D eigenvalue weighted by Crippen LogP contribution is -2.41. The first-order valence-electron chi connectivity index (χ1n) is 6.13. The van der Waals surface area contributed by atoms with Crippen LogP contribution in [0.1, 0.15) is 18.4 Å². The molecule has 2 rings (SSSR count). The van der Waals surface area contributed by atoms with E-state index in [1.807, 2.05) is 12.1 Å². The molecule has 5 nitrogen and oxygen atoms in total. The maximum atomic E-state index is 12.1. The largest absolute Gasteiger partial charge is 0.393 e. The van der Waals surface area contributed by atoms with Gasteiger partial charge in [0.05, 0.1) is 11.9 Å². The van der Waals surface area contributed by atoms with Crippen LogP contribution in [0.5, 0.6) is 0 Å². The van der Waals surface area contributed by atoms with Crippen molar-refractivity contribution in [3.05, 3.63) is 30.1 Å². The topological polar surface area (TPSA) is 70.5 Å². The van der Waals surface area contributed by atoms with Gasteiger partial charge in [-0.3, -0.25) is 4.98 Å². The average Bonchev–Trinajstić information content (AvgIpc) is 2.38. The van der Waals surface area contributed by atoms with Crippen LogP contribution in [0, 0.1) is 0 Å². The number of sulfonamides is 1. The standard InChI is InChI=1S/C12H18N2O3S/c15-12-3-8-14(9-4-12)18(16,17)10-5-11-1-6-13-7-2-11/h1-2,6-7,12,15H,3-5,8-10H2. The van der Waals surface area contributed by atoms with Gasteiger partial charge in [-0.2, -0.15) is 0 Å². The number of hydrogen-bond donors (Lipinski definition) is 1. The molecule has 0 spiro atoms. The van der Waals surface area contributed by atoms with Gasteiger partial charge in [-0.15, -0.1) is 0 Å². The summed E-state index contributed by atoms with van der Waals surface area (Å²) in [6.45, 7) is 0.861. The summed E-state index contributed by atoms with van der Waals surface area (Å²) in [5.74, 6) is 0.118. The van der Waals surface area contributed by atoms with E-state index in [2.05, 4.69) is 4.98 Å². The smallest absolute Gasteiger partial charge is 0.214 e. The van der Waals surface area contributed by atoms with Crippen molar-refractivity contribution in [3.63, 3.8) is 0 Å². The zero-order chi connectivity index (χ0) is 13.0. The van der Waals surface area contributed by atoms with Crippen LogP contribution in [0.4, 0.5) is 0 Å². The minimum atomic E-state index is -3.20. The summed E-state index contributed by atoms with van der Waals surface area (Å²) in [5.41, 5.74) is 0.977. The first-order valence-corrected chi connectivity index (χ1v) is 7.73. The quantitative estimate of drug-likeness (QED) is 0.860. The molecule has 0 saturated carbocycles. The summed E-state index contributed by atoms with van der Waals surface area (Å²) in [4.78, 5) is 3.90. The minimum absolute atomic E-state index is 0.118. The van der Waals surface area contributed by atoms with Crippen LogP contribution in [-0.4, -0.2) is 47.8 Å². The van der Waals surface area contributed by atoms with E-state index in [0.29, 0.717) is 32.4 Å². The Morgan fingerprint density at radius 1 is 1.28 bits per heavy atom. The van der Waals surface area contributed by atoms with Crippen LogP contribution in [-0.2, 0) is 16.4 Å². The third-order valence-electron chi connectivity index (χ3n) is 3.21. The highest BCUT2D eigenvalue weighted by atomic mass is 32.2. The lowest BCUT2D eigenvalue weighted by Gasteiger charge is -2.28. The number of piperidine rings is 1. The molecule has 1 aromatic rings. The van der Waals surface area contributed by atoms with E-state index in [1.54, 1.807) is 12.4 Å². The Morgan fingerprint density at radius 2 is 1.89 bits per heavy atom. The maximum Gasteiger partial charge on any atom is 0.214 e. The highest BCUT2D eigenvalue weighted by Gasteiger charge is 2.26. The number of aromatic nitrogens is 1. The molecule has 1 aliphatic rings. The second kappa shape index (κ2) is 5.77. The lowest BCUT2D eigenvalue weighted by molar-refractivity contribution is 0.113. The van der Waals surface area contributed by atoms with E-state index in [0.717, 1.165) is 5.56 Å². The van der Waals surface area contributed by atoms with Crippen LogP contribution < -0.4 is 0 Å². The van der Waals surface area contributed by atoms with Gasteiger partial charge in [0.2, 0.25) is 10.0 Å². The first kappa shape index (κ1) is 13.5. The normalized spacial score (nSPS) is 18.9. The fraction of sp³-hybridized carbons (Fsp3) is 0.583. The third kappa shape index (κ3) is 3.51. The van der Waals surface area contributed by atoms with Crippen LogP contribution in [0.2, 0.25) is 0 Å². The first-order chi connectivity index (χ1) is 8.58.